The average Bonchev–Trinajstić information content (AvgIpc) is 2.66. The molecule has 0 saturated carbocycles. The third kappa shape index (κ3) is 5.01. The molecule has 128 valence electrons. The third-order valence-electron chi connectivity index (χ3n) is 3.25. The van der Waals surface area contributed by atoms with Crippen molar-refractivity contribution in [3.05, 3.63) is 53.6 Å². The molecular formula is C19H18N2O4. The minimum atomic E-state index is -0.340. The lowest BCUT2D eigenvalue weighted by Crippen LogP contribution is -2.17. The van der Waals surface area contributed by atoms with Gasteiger partial charge in [-0.05, 0) is 42.5 Å². The van der Waals surface area contributed by atoms with E-state index in [1.165, 1.54) is 6.21 Å². The molecule has 0 spiro atoms. The predicted molar refractivity (Wildman–Crippen MR) is 95.4 cm³/mol. The number of hydrogen-bond acceptors (Lipinski definition) is 5. The fourth-order valence-corrected chi connectivity index (χ4v) is 1.97. The zero-order chi connectivity index (χ0) is 18.1. The number of benzene rings is 2. The van der Waals surface area contributed by atoms with E-state index in [0.29, 0.717) is 28.4 Å². The Balaban J connectivity index is 2.09. The van der Waals surface area contributed by atoms with Crippen LogP contribution in [0.5, 0.6) is 17.2 Å². The van der Waals surface area contributed by atoms with E-state index in [4.69, 9.17) is 20.6 Å². The minimum absolute atomic E-state index is 0.130. The Kier molecular flexibility index (Phi) is 6.43. The van der Waals surface area contributed by atoms with E-state index in [0.717, 1.165) is 0 Å². The van der Waals surface area contributed by atoms with Crippen LogP contribution in [-0.4, -0.2) is 32.9 Å². The fraction of sp³-hybridized carbons (Fsp3) is 0.158. The van der Waals surface area contributed by atoms with Crippen LogP contribution < -0.4 is 19.6 Å². The maximum Gasteiger partial charge on any atom is 0.271 e. The predicted octanol–water partition coefficient (Wildman–Crippen LogP) is 2.48. The van der Waals surface area contributed by atoms with E-state index in [-0.39, 0.29) is 12.5 Å². The molecule has 2 rings (SSSR count). The minimum Gasteiger partial charge on any atom is -0.497 e. The van der Waals surface area contributed by atoms with Crippen LogP contribution in [0.2, 0.25) is 0 Å². The first-order valence-electron chi connectivity index (χ1n) is 7.39. The van der Waals surface area contributed by atoms with Gasteiger partial charge in [-0.25, -0.2) is 5.43 Å². The first-order chi connectivity index (χ1) is 12.2. The Labute approximate surface area is 146 Å². The first kappa shape index (κ1) is 17.9. The van der Waals surface area contributed by atoms with Gasteiger partial charge in [-0.2, -0.15) is 5.10 Å². The van der Waals surface area contributed by atoms with Crippen molar-refractivity contribution < 1.29 is 19.0 Å². The summed E-state index contributed by atoms with van der Waals surface area (Å²) in [4.78, 5) is 12.1. The van der Waals surface area contributed by atoms with Gasteiger partial charge < -0.3 is 14.2 Å². The highest BCUT2D eigenvalue weighted by molar-refractivity contribution is 5.95. The maximum atomic E-state index is 12.1. The Bertz CT molecular complexity index is 792. The molecule has 0 aliphatic heterocycles. The highest BCUT2D eigenvalue weighted by Crippen LogP contribution is 2.22. The smallest absolute Gasteiger partial charge is 0.271 e. The van der Waals surface area contributed by atoms with Crippen LogP contribution in [0, 0.1) is 12.3 Å². The molecule has 0 aromatic heterocycles. The Morgan fingerprint density at radius 2 is 1.84 bits per heavy atom. The summed E-state index contributed by atoms with van der Waals surface area (Å²) in [6, 6.07) is 11.9. The summed E-state index contributed by atoms with van der Waals surface area (Å²) in [5.74, 6) is 3.91. The van der Waals surface area contributed by atoms with Crippen molar-refractivity contribution in [3.8, 4) is 29.6 Å². The lowest BCUT2D eigenvalue weighted by Gasteiger charge is -2.08. The molecule has 25 heavy (non-hydrogen) atoms. The number of nitrogens with zero attached hydrogens (tertiary/aromatic N) is 1. The van der Waals surface area contributed by atoms with Crippen molar-refractivity contribution in [1.82, 2.24) is 5.43 Å². The van der Waals surface area contributed by atoms with Crippen molar-refractivity contribution in [2.45, 2.75) is 0 Å². The number of nitrogens with one attached hydrogen (secondary N) is 1. The van der Waals surface area contributed by atoms with Gasteiger partial charge in [0.1, 0.15) is 23.9 Å². The van der Waals surface area contributed by atoms with Crippen LogP contribution in [0.4, 0.5) is 0 Å². The summed E-state index contributed by atoms with van der Waals surface area (Å²) in [5.41, 5.74) is 3.55. The molecule has 6 heteroatoms. The second-order valence-electron chi connectivity index (χ2n) is 4.82. The number of ether oxygens (including phenoxy) is 3. The standard InChI is InChI=1S/C19H18N2O4/c1-4-11-25-18-10-9-17(24-3)12-15(18)13-20-21-19(22)14-5-7-16(23-2)8-6-14/h1,5-10,12-13H,11H2,2-3H3,(H,21,22)/b20-13-. The SMILES string of the molecule is C#CCOc1ccc(OC)cc1/C=N\NC(=O)c1ccc(OC)cc1. The van der Waals surface area contributed by atoms with Gasteiger partial charge in [-0.3, -0.25) is 4.79 Å². The average molecular weight is 338 g/mol. The van der Waals surface area contributed by atoms with Crippen LogP contribution in [0.15, 0.2) is 47.6 Å². The number of hydrazone groups is 1. The summed E-state index contributed by atoms with van der Waals surface area (Å²) in [7, 11) is 3.12. The van der Waals surface area contributed by atoms with Crippen LogP contribution in [0.1, 0.15) is 15.9 Å². The van der Waals surface area contributed by atoms with Gasteiger partial charge in [-0.15, -0.1) is 6.42 Å². The Hall–Kier alpha value is -3.46. The quantitative estimate of drug-likeness (QED) is 0.478. The molecule has 0 saturated heterocycles. The number of amides is 1. The largest absolute Gasteiger partial charge is 0.497 e. The fourth-order valence-electron chi connectivity index (χ4n) is 1.97. The van der Waals surface area contributed by atoms with Gasteiger partial charge in [0.25, 0.3) is 5.91 Å². The van der Waals surface area contributed by atoms with Crippen molar-refractivity contribution in [1.29, 1.82) is 0 Å². The highest BCUT2D eigenvalue weighted by Gasteiger charge is 2.06. The normalized spacial score (nSPS) is 10.1. The number of rotatable bonds is 7. The number of carbonyl (C=O) groups is 1. The van der Waals surface area contributed by atoms with Crippen molar-refractivity contribution in [2.24, 2.45) is 5.10 Å². The van der Waals surface area contributed by atoms with E-state index in [1.54, 1.807) is 56.7 Å². The Morgan fingerprint density at radius 1 is 1.16 bits per heavy atom. The second-order valence-corrected chi connectivity index (χ2v) is 4.82. The summed E-state index contributed by atoms with van der Waals surface area (Å²) in [5, 5.41) is 3.96. The molecule has 0 bridgehead atoms. The summed E-state index contributed by atoms with van der Waals surface area (Å²) in [6.07, 6.45) is 6.68. The number of hydrogen-bond donors (Lipinski definition) is 1. The Morgan fingerprint density at radius 3 is 2.48 bits per heavy atom. The molecule has 1 N–H and O–H groups in total. The van der Waals surface area contributed by atoms with E-state index in [2.05, 4.69) is 16.4 Å². The lowest BCUT2D eigenvalue weighted by atomic mass is 10.2. The van der Waals surface area contributed by atoms with E-state index in [1.807, 2.05) is 0 Å². The summed E-state index contributed by atoms with van der Waals surface area (Å²) in [6.45, 7) is 0.130. The topological polar surface area (TPSA) is 69.2 Å². The van der Waals surface area contributed by atoms with Gasteiger partial charge in [-0.1, -0.05) is 5.92 Å². The zero-order valence-corrected chi connectivity index (χ0v) is 14.0. The number of terminal acetylenes is 1. The molecular weight excluding hydrogens is 320 g/mol. The lowest BCUT2D eigenvalue weighted by molar-refractivity contribution is 0.0955. The molecule has 0 unspecified atom stereocenters. The van der Waals surface area contributed by atoms with Crippen molar-refractivity contribution in [3.63, 3.8) is 0 Å². The summed E-state index contributed by atoms with van der Waals surface area (Å²) >= 11 is 0. The molecule has 0 atom stereocenters. The van der Waals surface area contributed by atoms with Gasteiger partial charge >= 0.3 is 0 Å². The molecule has 0 aliphatic carbocycles. The molecule has 0 fully saturated rings. The third-order valence-corrected chi connectivity index (χ3v) is 3.25. The van der Waals surface area contributed by atoms with Crippen LogP contribution in [0.3, 0.4) is 0 Å². The van der Waals surface area contributed by atoms with Crippen LogP contribution in [0.25, 0.3) is 0 Å². The van der Waals surface area contributed by atoms with Gasteiger partial charge in [0, 0.05) is 11.1 Å². The van der Waals surface area contributed by atoms with Crippen molar-refractivity contribution in [2.75, 3.05) is 20.8 Å². The number of methoxy groups -OCH3 is 2. The molecule has 0 heterocycles. The molecule has 0 aliphatic rings. The van der Waals surface area contributed by atoms with Gasteiger partial charge in [0.05, 0.1) is 20.4 Å². The van der Waals surface area contributed by atoms with Crippen LogP contribution >= 0.6 is 0 Å². The molecule has 6 nitrogen and oxygen atoms in total. The molecule has 1 amide bonds. The van der Waals surface area contributed by atoms with Gasteiger partial charge in [0.2, 0.25) is 0 Å². The van der Waals surface area contributed by atoms with Crippen molar-refractivity contribution >= 4 is 12.1 Å². The molecule has 2 aromatic rings. The van der Waals surface area contributed by atoms with E-state index < -0.39 is 0 Å². The second kappa shape index (κ2) is 8.99. The van der Waals surface area contributed by atoms with Gasteiger partial charge in [0.15, 0.2) is 0 Å². The summed E-state index contributed by atoms with van der Waals surface area (Å²) < 4.78 is 15.7. The monoisotopic (exact) mass is 338 g/mol. The molecule has 0 radical (unpaired) electrons. The van der Waals surface area contributed by atoms with E-state index >= 15 is 0 Å². The first-order valence-corrected chi connectivity index (χ1v) is 7.39. The van der Waals surface area contributed by atoms with Crippen LogP contribution in [-0.2, 0) is 0 Å². The zero-order valence-electron chi connectivity index (χ0n) is 14.0. The maximum absolute atomic E-state index is 12.1. The molecule has 2 aromatic carbocycles. The van der Waals surface area contributed by atoms with E-state index in [9.17, 15) is 4.79 Å². The highest BCUT2D eigenvalue weighted by atomic mass is 16.5. The number of carbonyl (C=O) groups excluding carboxylic acids is 1.